The fraction of sp³-hybridized carbons (Fsp3) is 0.865. The lowest BCUT2D eigenvalue weighted by Crippen LogP contribution is -2.41. The Hall–Kier alpha value is -2.61. The smallest absolute Gasteiger partial charge is 0.326 e. The molecule has 0 aromatic heterocycles. The highest BCUT2D eigenvalue weighted by atomic mass is 16.6. The zero-order valence-electron chi connectivity index (χ0n) is 30.9. The molecule has 0 spiro atoms. The Morgan fingerprint density at radius 2 is 0.880 bits per heavy atom. The first kappa shape index (κ1) is 47.4. The van der Waals surface area contributed by atoms with Crippen molar-refractivity contribution in [2.45, 2.75) is 148 Å². The second-order valence-corrected chi connectivity index (χ2v) is 12.8. The molecule has 0 aliphatic carbocycles. The maximum absolute atomic E-state index is 12.3. The highest BCUT2D eigenvalue weighted by Gasteiger charge is 2.20. The van der Waals surface area contributed by atoms with Crippen LogP contribution in [0.1, 0.15) is 142 Å². The molecule has 0 radical (unpaired) electrons. The van der Waals surface area contributed by atoms with Crippen molar-refractivity contribution in [2.24, 2.45) is 0 Å². The van der Waals surface area contributed by atoms with Gasteiger partial charge in [0.2, 0.25) is 11.8 Å². The van der Waals surface area contributed by atoms with E-state index in [0.29, 0.717) is 59.3 Å². The number of ketones is 1. The van der Waals surface area contributed by atoms with E-state index in [2.05, 4.69) is 10.6 Å². The fourth-order valence-electron chi connectivity index (χ4n) is 5.16. The topological polar surface area (TPSA) is 187 Å². The van der Waals surface area contributed by atoms with Crippen molar-refractivity contribution in [1.82, 2.24) is 10.6 Å². The first-order chi connectivity index (χ1) is 24.2. The van der Waals surface area contributed by atoms with E-state index in [1.165, 1.54) is 64.7 Å². The zero-order valence-corrected chi connectivity index (χ0v) is 30.9. The van der Waals surface area contributed by atoms with Crippen molar-refractivity contribution in [3.8, 4) is 0 Å². The van der Waals surface area contributed by atoms with Gasteiger partial charge in [-0.15, -0.1) is 0 Å². The van der Waals surface area contributed by atoms with Gasteiger partial charge in [0.1, 0.15) is 11.8 Å². The summed E-state index contributed by atoms with van der Waals surface area (Å²) in [5.74, 6) is -2.35. The molecule has 1 atom stereocenters. The SMILES string of the molecule is CC(=O)CCOCCOCCOCCOCCNC(=O)CC[C@H](NC(=O)CCCCCCCCCCCCCCCCCCC(=O)O)C(=O)O. The van der Waals surface area contributed by atoms with E-state index >= 15 is 0 Å². The molecule has 50 heavy (non-hydrogen) atoms. The van der Waals surface area contributed by atoms with E-state index in [-0.39, 0.29) is 49.8 Å². The second-order valence-electron chi connectivity index (χ2n) is 12.8. The Kier molecular flexibility index (Phi) is 34.3. The van der Waals surface area contributed by atoms with Gasteiger partial charge >= 0.3 is 11.9 Å². The minimum absolute atomic E-state index is 0.0142. The number of carboxylic acids is 2. The largest absolute Gasteiger partial charge is 0.481 e. The van der Waals surface area contributed by atoms with E-state index in [4.69, 9.17) is 24.1 Å². The Bertz CT molecular complexity index is 872. The van der Waals surface area contributed by atoms with E-state index in [9.17, 15) is 29.1 Å². The zero-order chi connectivity index (χ0) is 36.9. The van der Waals surface area contributed by atoms with Crippen LogP contribution in [0.4, 0.5) is 0 Å². The minimum atomic E-state index is -1.15. The molecule has 0 aliphatic heterocycles. The number of amides is 2. The van der Waals surface area contributed by atoms with Crippen molar-refractivity contribution in [3.63, 3.8) is 0 Å². The van der Waals surface area contributed by atoms with Gasteiger partial charge < -0.3 is 39.8 Å². The van der Waals surface area contributed by atoms with Gasteiger partial charge in [-0.1, -0.05) is 89.9 Å². The molecule has 0 unspecified atom stereocenters. The summed E-state index contributed by atoms with van der Waals surface area (Å²) in [4.78, 5) is 57.3. The van der Waals surface area contributed by atoms with E-state index in [1.54, 1.807) is 0 Å². The van der Waals surface area contributed by atoms with E-state index in [0.717, 1.165) is 44.9 Å². The maximum Gasteiger partial charge on any atom is 0.326 e. The number of aliphatic carboxylic acids is 2. The quantitative estimate of drug-likeness (QED) is 0.0580. The predicted molar refractivity (Wildman–Crippen MR) is 191 cm³/mol. The number of unbranched alkanes of at least 4 members (excludes halogenated alkanes) is 15. The van der Waals surface area contributed by atoms with Gasteiger partial charge in [-0.25, -0.2) is 4.79 Å². The van der Waals surface area contributed by atoms with Gasteiger partial charge in [-0.3, -0.25) is 19.2 Å². The molecule has 0 aromatic rings. The van der Waals surface area contributed by atoms with Gasteiger partial charge in [0.25, 0.3) is 0 Å². The predicted octanol–water partition coefficient (Wildman–Crippen LogP) is 5.60. The third kappa shape index (κ3) is 36.7. The summed E-state index contributed by atoms with van der Waals surface area (Å²) in [5.41, 5.74) is 0. The fourth-order valence-corrected chi connectivity index (χ4v) is 5.16. The summed E-state index contributed by atoms with van der Waals surface area (Å²) >= 11 is 0. The first-order valence-electron chi connectivity index (χ1n) is 19.0. The lowest BCUT2D eigenvalue weighted by Gasteiger charge is -2.14. The normalized spacial score (nSPS) is 11.7. The number of hydrogen-bond acceptors (Lipinski definition) is 9. The van der Waals surface area contributed by atoms with Crippen LogP contribution in [0.5, 0.6) is 0 Å². The summed E-state index contributed by atoms with van der Waals surface area (Å²) in [5, 5.41) is 23.4. The molecule has 0 bridgehead atoms. The van der Waals surface area contributed by atoms with Gasteiger partial charge in [-0.05, 0) is 26.2 Å². The van der Waals surface area contributed by atoms with Crippen LogP contribution in [0.3, 0.4) is 0 Å². The minimum Gasteiger partial charge on any atom is -0.481 e. The van der Waals surface area contributed by atoms with Crippen molar-refractivity contribution >= 4 is 29.5 Å². The molecule has 0 saturated heterocycles. The summed E-state index contributed by atoms with van der Waals surface area (Å²) in [6.07, 6.45) is 19.1. The lowest BCUT2D eigenvalue weighted by molar-refractivity contribution is -0.142. The third-order valence-electron chi connectivity index (χ3n) is 8.12. The van der Waals surface area contributed by atoms with Crippen molar-refractivity contribution in [1.29, 1.82) is 0 Å². The molecule has 0 rings (SSSR count). The summed E-state index contributed by atoms with van der Waals surface area (Å²) in [6.45, 7) is 4.97. The number of carbonyl (C=O) groups excluding carboxylic acids is 3. The van der Waals surface area contributed by atoms with Crippen LogP contribution in [-0.4, -0.2) is 105 Å². The molecule has 4 N–H and O–H groups in total. The standard InChI is InChI=1S/C37H68N2O11/c1-32(40)22-24-47-26-28-49-30-31-50-29-27-48-25-23-38-34(41)21-20-33(37(45)46)39-35(42)18-16-14-12-10-8-6-4-2-3-5-7-9-11-13-15-17-19-36(43)44/h33H,2-31H2,1H3,(H,38,41)(H,39,42)(H,43,44)(H,45,46)/t33-/m0/s1. The summed E-state index contributed by atoms with van der Waals surface area (Å²) in [7, 11) is 0. The van der Waals surface area contributed by atoms with Crippen LogP contribution < -0.4 is 10.6 Å². The van der Waals surface area contributed by atoms with Gasteiger partial charge in [0, 0.05) is 32.2 Å². The average Bonchev–Trinajstić information content (AvgIpc) is 3.07. The van der Waals surface area contributed by atoms with Crippen molar-refractivity contribution in [3.05, 3.63) is 0 Å². The molecule has 0 saturated carbocycles. The molecule has 0 aliphatic rings. The number of carbonyl (C=O) groups is 5. The Labute approximate surface area is 300 Å². The Morgan fingerprint density at radius 1 is 0.480 bits per heavy atom. The van der Waals surface area contributed by atoms with Crippen molar-refractivity contribution in [2.75, 3.05) is 59.4 Å². The van der Waals surface area contributed by atoms with Crippen LogP contribution in [0.2, 0.25) is 0 Å². The molecule has 13 heteroatoms. The molecule has 292 valence electrons. The Balaban J connectivity index is 3.59. The third-order valence-corrected chi connectivity index (χ3v) is 8.12. The maximum atomic E-state index is 12.3. The Morgan fingerprint density at radius 3 is 1.30 bits per heavy atom. The van der Waals surface area contributed by atoms with Crippen LogP contribution >= 0.6 is 0 Å². The summed E-state index contributed by atoms with van der Waals surface area (Å²) < 4.78 is 21.4. The van der Waals surface area contributed by atoms with Crippen molar-refractivity contribution < 1.29 is 53.1 Å². The van der Waals surface area contributed by atoms with Crippen LogP contribution in [0.25, 0.3) is 0 Å². The van der Waals surface area contributed by atoms with Crippen LogP contribution in [-0.2, 0) is 42.9 Å². The first-order valence-corrected chi connectivity index (χ1v) is 19.0. The lowest BCUT2D eigenvalue weighted by atomic mass is 10.0. The molecular weight excluding hydrogens is 648 g/mol. The molecular formula is C37H68N2O11. The number of nitrogens with one attached hydrogen (secondary N) is 2. The van der Waals surface area contributed by atoms with Crippen LogP contribution in [0, 0.1) is 0 Å². The molecule has 0 heterocycles. The molecule has 13 nitrogen and oxygen atoms in total. The molecule has 0 fully saturated rings. The molecule has 0 aromatic carbocycles. The van der Waals surface area contributed by atoms with E-state index < -0.39 is 18.0 Å². The highest BCUT2D eigenvalue weighted by Crippen LogP contribution is 2.14. The summed E-state index contributed by atoms with van der Waals surface area (Å²) in [6, 6.07) is -1.10. The molecule has 2 amide bonds. The number of hydrogen-bond donors (Lipinski definition) is 4. The number of Topliss-reactive ketones (excluding diaryl/α,β-unsaturated/α-hetero) is 1. The second kappa shape index (κ2) is 36.2. The number of ether oxygens (including phenoxy) is 4. The van der Waals surface area contributed by atoms with E-state index in [1.807, 2.05) is 0 Å². The van der Waals surface area contributed by atoms with Gasteiger partial charge in [0.05, 0.1) is 52.9 Å². The number of carboxylic acid groups (broad SMARTS) is 2. The monoisotopic (exact) mass is 716 g/mol. The highest BCUT2D eigenvalue weighted by molar-refractivity contribution is 5.84. The van der Waals surface area contributed by atoms with Crippen LogP contribution in [0.15, 0.2) is 0 Å². The number of rotatable bonds is 39. The van der Waals surface area contributed by atoms with Gasteiger partial charge in [-0.2, -0.15) is 0 Å². The van der Waals surface area contributed by atoms with Gasteiger partial charge in [0.15, 0.2) is 0 Å². The average molecular weight is 717 g/mol.